The molecule has 4 aliphatic rings. The summed E-state index contributed by atoms with van der Waals surface area (Å²) < 4.78 is 0. The molecule has 3 fully saturated rings. The van der Waals surface area contributed by atoms with Gasteiger partial charge in [0.15, 0.2) is 0 Å². The second-order valence-electron chi connectivity index (χ2n) is 11.0. The molecule has 2 nitrogen and oxygen atoms in total. The molecule has 0 spiro atoms. The third-order valence-electron chi connectivity index (χ3n) is 10.5. The van der Waals surface area contributed by atoms with E-state index in [1.54, 1.807) is 5.57 Å². The van der Waals surface area contributed by atoms with Gasteiger partial charge in [-0.05, 0) is 79.3 Å². The van der Waals surface area contributed by atoms with Crippen molar-refractivity contribution in [1.82, 2.24) is 0 Å². The summed E-state index contributed by atoms with van der Waals surface area (Å²) in [6, 6.07) is 0. The minimum absolute atomic E-state index is 0.109. The molecule has 4 aliphatic carbocycles. The van der Waals surface area contributed by atoms with Gasteiger partial charge >= 0.3 is 0 Å². The van der Waals surface area contributed by atoms with Crippen LogP contribution in [0.2, 0.25) is 5.31 Å². The molecule has 0 aliphatic heterocycles. The molecule has 0 aromatic rings. The predicted octanol–water partition coefficient (Wildman–Crippen LogP) is 4.58. The number of aliphatic hydroxyl groups is 1. The first kappa shape index (κ1) is 18.8. The van der Waals surface area contributed by atoms with Crippen molar-refractivity contribution in [2.24, 2.45) is 33.1 Å². The third kappa shape index (κ3) is 2.07. The van der Waals surface area contributed by atoms with Crippen molar-refractivity contribution in [2.45, 2.75) is 90.5 Å². The quantitative estimate of drug-likeness (QED) is 0.417. The van der Waals surface area contributed by atoms with Crippen LogP contribution in [0.15, 0.2) is 16.6 Å². The van der Waals surface area contributed by atoms with Gasteiger partial charge in [0.25, 0.3) is 0 Å². The molecule has 26 heavy (non-hydrogen) atoms. The fraction of sp³-hybridized carbons (Fsp3) is 0.870. The van der Waals surface area contributed by atoms with E-state index >= 15 is 0 Å². The van der Waals surface area contributed by atoms with E-state index in [0.717, 1.165) is 18.8 Å². The molecule has 0 bridgehead atoms. The van der Waals surface area contributed by atoms with Crippen LogP contribution in [0, 0.1) is 28.1 Å². The molecule has 3 saturated carbocycles. The summed E-state index contributed by atoms with van der Waals surface area (Å²) >= 11 is 0. The molecule has 4 rings (SSSR count). The van der Waals surface area contributed by atoms with Crippen LogP contribution >= 0.6 is 0 Å². The van der Waals surface area contributed by atoms with Crippen molar-refractivity contribution in [3.8, 4) is 0 Å². The molecule has 0 heterocycles. The van der Waals surface area contributed by atoms with Crippen LogP contribution < -0.4 is 0 Å². The number of aliphatic imine (C=N–C) groups is 1. The molecule has 7 unspecified atom stereocenters. The standard InChI is InChI=1S/C23H38BNO/c1-15(25-5)18-8-13-23(24)21(18,3)12-9-19-20(2)10-7-17(26)14-16(20)6-11-22(19,23)4/h6,17-19,26H,7-14,24H2,1-5H3/b25-15+. The Labute approximate surface area is 161 Å². The van der Waals surface area contributed by atoms with Crippen molar-refractivity contribution in [3.05, 3.63) is 11.6 Å². The molecule has 0 saturated heterocycles. The third-order valence-corrected chi connectivity index (χ3v) is 10.5. The number of hydrogen-bond acceptors (Lipinski definition) is 2. The van der Waals surface area contributed by atoms with Crippen LogP contribution in [0.25, 0.3) is 0 Å². The normalized spacial score (nSPS) is 54.2. The van der Waals surface area contributed by atoms with Gasteiger partial charge in [-0.25, -0.2) is 0 Å². The molecular weight excluding hydrogens is 317 g/mol. The minimum atomic E-state index is -0.109. The summed E-state index contributed by atoms with van der Waals surface area (Å²) in [7, 11) is 4.60. The Hall–Kier alpha value is -0.565. The fourth-order valence-electron chi connectivity index (χ4n) is 8.44. The smallest absolute Gasteiger partial charge is 0.110 e. The number of aliphatic hydroxyl groups excluding tert-OH is 1. The van der Waals surface area contributed by atoms with Crippen LogP contribution in [0.1, 0.15) is 79.1 Å². The topological polar surface area (TPSA) is 32.6 Å². The van der Waals surface area contributed by atoms with Gasteiger partial charge in [-0.3, -0.25) is 4.99 Å². The Morgan fingerprint density at radius 2 is 1.85 bits per heavy atom. The van der Waals surface area contributed by atoms with E-state index < -0.39 is 0 Å². The lowest BCUT2D eigenvalue weighted by atomic mass is 9.31. The van der Waals surface area contributed by atoms with E-state index in [4.69, 9.17) is 0 Å². The van der Waals surface area contributed by atoms with Crippen LogP contribution in [-0.2, 0) is 0 Å². The average molecular weight is 355 g/mol. The first-order chi connectivity index (χ1) is 12.1. The minimum Gasteiger partial charge on any atom is -0.393 e. The first-order valence-corrected chi connectivity index (χ1v) is 10.9. The number of hydrogen-bond donors (Lipinski definition) is 1. The van der Waals surface area contributed by atoms with Crippen LogP contribution in [0.4, 0.5) is 0 Å². The van der Waals surface area contributed by atoms with Gasteiger partial charge < -0.3 is 5.11 Å². The zero-order valence-corrected chi connectivity index (χ0v) is 17.9. The van der Waals surface area contributed by atoms with E-state index in [1.807, 2.05) is 7.05 Å². The second kappa shape index (κ2) is 5.72. The summed E-state index contributed by atoms with van der Waals surface area (Å²) in [6.45, 7) is 10.0. The van der Waals surface area contributed by atoms with E-state index in [2.05, 4.69) is 46.6 Å². The summed E-state index contributed by atoms with van der Waals surface area (Å²) in [5.74, 6) is 1.42. The van der Waals surface area contributed by atoms with Crippen LogP contribution in [0.3, 0.4) is 0 Å². The van der Waals surface area contributed by atoms with Crippen molar-refractivity contribution in [1.29, 1.82) is 0 Å². The lowest BCUT2D eigenvalue weighted by molar-refractivity contribution is -0.0927. The maximum Gasteiger partial charge on any atom is 0.110 e. The van der Waals surface area contributed by atoms with Crippen molar-refractivity contribution < 1.29 is 5.11 Å². The predicted molar refractivity (Wildman–Crippen MR) is 113 cm³/mol. The van der Waals surface area contributed by atoms with Gasteiger partial charge in [0.2, 0.25) is 0 Å². The number of fused-ring (bicyclic) bond motifs is 5. The summed E-state index contributed by atoms with van der Waals surface area (Å²) in [6.07, 6.45) is 12.1. The summed E-state index contributed by atoms with van der Waals surface area (Å²) in [5.41, 5.74) is 3.99. The van der Waals surface area contributed by atoms with Crippen LogP contribution in [0.5, 0.6) is 0 Å². The zero-order chi connectivity index (χ0) is 19.0. The highest BCUT2D eigenvalue weighted by atomic mass is 16.3. The Balaban J connectivity index is 1.78. The van der Waals surface area contributed by atoms with E-state index in [1.165, 1.54) is 44.2 Å². The SMILES string of the molecule is BC12CCC(/C(C)=N/C)C1(C)CCC1C3(C)CCC(O)CC3=CCC12C. The Kier molecular flexibility index (Phi) is 4.13. The molecular formula is C23H38BNO. The highest BCUT2D eigenvalue weighted by Crippen LogP contribution is 2.79. The molecule has 144 valence electrons. The van der Waals surface area contributed by atoms with Gasteiger partial charge in [-0.2, -0.15) is 0 Å². The van der Waals surface area contributed by atoms with Crippen molar-refractivity contribution in [2.75, 3.05) is 7.05 Å². The second-order valence-corrected chi connectivity index (χ2v) is 11.0. The fourth-order valence-corrected chi connectivity index (χ4v) is 8.44. The number of rotatable bonds is 1. The van der Waals surface area contributed by atoms with Gasteiger partial charge in [-0.1, -0.05) is 38.8 Å². The van der Waals surface area contributed by atoms with E-state index in [-0.39, 0.29) is 6.10 Å². The number of nitrogens with zero attached hydrogens (tertiary/aromatic N) is 1. The van der Waals surface area contributed by atoms with E-state index in [0.29, 0.717) is 27.5 Å². The molecule has 3 heteroatoms. The number of allylic oxidation sites excluding steroid dienone is 1. The van der Waals surface area contributed by atoms with Crippen molar-refractivity contribution >= 4 is 13.6 Å². The average Bonchev–Trinajstić information content (AvgIpc) is 2.88. The maximum absolute atomic E-state index is 10.2. The summed E-state index contributed by atoms with van der Waals surface area (Å²) in [5, 5.41) is 10.6. The lowest BCUT2D eigenvalue weighted by Gasteiger charge is -2.68. The molecule has 0 aromatic carbocycles. The van der Waals surface area contributed by atoms with Gasteiger partial charge in [-0.15, -0.1) is 0 Å². The maximum atomic E-state index is 10.2. The Morgan fingerprint density at radius 1 is 1.12 bits per heavy atom. The molecule has 0 aromatic heterocycles. The van der Waals surface area contributed by atoms with Gasteiger partial charge in [0.05, 0.1) is 6.10 Å². The molecule has 7 atom stereocenters. The molecule has 0 amide bonds. The van der Waals surface area contributed by atoms with Crippen molar-refractivity contribution in [3.63, 3.8) is 0 Å². The highest BCUT2D eigenvalue weighted by Gasteiger charge is 2.69. The zero-order valence-electron chi connectivity index (χ0n) is 17.9. The molecule has 1 N–H and O–H groups in total. The lowest BCUT2D eigenvalue weighted by Crippen LogP contribution is -2.59. The van der Waals surface area contributed by atoms with Gasteiger partial charge in [0.1, 0.15) is 7.85 Å². The first-order valence-electron chi connectivity index (χ1n) is 10.9. The Bertz CT molecular complexity index is 671. The Morgan fingerprint density at radius 3 is 2.54 bits per heavy atom. The largest absolute Gasteiger partial charge is 0.393 e. The highest BCUT2D eigenvalue weighted by molar-refractivity contribution is 6.17. The van der Waals surface area contributed by atoms with Gasteiger partial charge in [0, 0.05) is 18.7 Å². The van der Waals surface area contributed by atoms with E-state index in [9.17, 15) is 5.11 Å². The summed E-state index contributed by atoms with van der Waals surface area (Å²) in [4.78, 5) is 4.63. The molecule has 0 radical (unpaired) electrons. The van der Waals surface area contributed by atoms with Crippen LogP contribution in [-0.4, -0.2) is 31.8 Å². The monoisotopic (exact) mass is 355 g/mol.